The average molecular weight is 381 g/mol. The van der Waals surface area contributed by atoms with E-state index in [1.54, 1.807) is 24.3 Å². The number of hydrogen-bond acceptors (Lipinski definition) is 4. The number of nitrogens with one attached hydrogen (secondary N) is 2. The molecule has 2 N–H and O–H groups in total. The molecule has 0 atom stereocenters. The van der Waals surface area contributed by atoms with Crippen molar-refractivity contribution in [3.63, 3.8) is 0 Å². The molecule has 144 valence electrons. The lowest BCUT2D eigenvalue weighted by molar-refractivity contribution is -0.119. The quantitative estimate of drug-likeness (QED) is 0.724. The summed E-state index contributed by atoms with van der Waals surface area (Å²) in [6.45, 7) is -0.380. The fourth-order valence-corrected chi connectivity index (χ4v) is 2.26. The van der Waals surface area contributed by atoms with Crippen molar-refractivity contribution in [3.8, 4) is 5.75 Å². The molecule has 27 heavy (non-hydrogen) atoms. The van der Waals surface area contributed by atoms with E-state index < -0.39 is 29.0 Å². The van der Waals surface area contributed by atoms with Crippen LogP contribution in [-0.2, 0) is 9.59 Å². The molecule has 0 aliphatic rings. The lowest BCUT2D eigenvalue weighted by Gasteiger charge is -2.16. The van der Waals surface area contributed by atoms with Crippen LogP contribution < -0.4 is 15.4 Å². The number of hydrogen-bond donors (Lipinski definition) is 2. The summed E-state index contributed by atoms with van der Waals surface area (Å²) in [6, 6.07) is 8.38. The molecule has 0 fully saturated rings. The zero-order chi connectivity index (χ0) is 20.0. The molecule has 2 rings (SSSR count). The summed E-state index contributed by atoms with van der Waals surface area (Å²) in [5.74, 6) is -4.99. The molecule has 2 aromatic carbocycles. The number of amides is 2. The van der Waals surface area contributed by atoms with Crippen LogP contribution in [0.25, 0.3) is 0 Å². The fraction of sp³-hybridized carbons (Fsp3) is 0.222. The van der Waals surface area contributed by atoms with Gasteiger partial charge in [0, 0.05) is 11.8 Å². The predicted octanol–water partition coefficient (Wildman–Crippen LogP) is 2.62. The maximum atomic E-state index is 13.6. The molecule has 0 saturated heterocycles. The Morgan fingerprint density at radius 2 is 1.67 bits per heavy atom. The van der Waals surface area contributed by atoms with Crippen LogP contribution in [-0.4, -0.2) is 44.0 Å². The Morgan fingerprint density at radius 3 is 2.33 bits per heavy atom. The highest BCUT2D eigenvalue weighted by atomic mass is 19.2. The third kappa shape index (κ3) is 5.71. The van der Waals surface area contributed by atoms with Crippen molar-refractivity contribution < 1.29 is 27.5 Å². The van der Waals surface area contributed by atoms with Crippen LogP contribution in [0.15, 0.2) is 36.4 Å². The normalized spacial score (nSPS) is 10.6. The van der Waals surface area contributed by atoms with Crippen LogP contribution in [0.1, 0.15) is 0 Å². The van der Waals surface area contributed by atoms with Gasteiger partial charge in [-0.2, -0.15) is 0 Å². The van der Waals surface area contributed by atoms with Gasteiger partial charge in [-0.1, -0.05) is 6.07 Å². The summed E-state index contributed by atoms with van der Waals surface area (Å²) in [5.41, 5.74) is 0.0502. The number of ether oxygens (including phenoxy) is 1. The number of carbonyl (C=O) groups is 2. The first kappa shape index (κ1) is 20.2. The van der Waals surface area contributed by atoms with Crippen molar-refractivity contribution in [2.75, 3.05) is 37.9 Å². The highest BCUT2D eigenvalue weighted by Gasteiger charge is 2.17. The van der Waals surface area contributed by atoms with Gasteiger partial charge in [0.1, 0.15) is 5.75 Å². The van der Waals surface area contributed by atoms with Gasteiger partial charge >= 0.3 is 0 Å². The third-order valence-electron chi connectivity index (χ3n) is 3.49. The first-order chi connectivity index (χ1) is 12.8. The van der Waals surface area contributed by atoms with Crippen LogP contribution in [0.3, 0.4) is 0 Å². The summed E-state index contributed by atoms with van der Waals surface area (Å²) in [6.07, 6.45) is 0. The molecule has 0 bridgehead atoms. The summed E-state index contributed by atoms with van der Waals surface area (Å²) < 4.78 is 44.7. The van der Waals surface area contributed by atoms with E-state index in [1.165, 1.54) is 19.1 Å². The van der Waals surface area contributed by atoms with E-state index in [4.69, 9.17) is 4.74 Å². The summed E-state index contributed by atoms with van der Waals surface area (Å²) in [4.78, 5) is 25.3. The van der Waals surface area contributed by atoms with E-state index in [0.717, 1.165) is 6.07 Å². The molecule has 6 nitrogen and oxygen atoms in total. The summed E-state index contributed by atoms with van der Waals surface area (Å²) in [7, 11) is 3.01. The van der Waals surface area contributed by atoms with Crippen molar-refractivity contribution in [1.82, 2.24) is 4.90 Å². The second-order valence-corrected chi connectivity index (χ2v) is 5.72. The molecule has 0 radical (unpaired) electrons. The van der Waals surface area contributed by atoms with Gasteiger partial charge in [-0.15, -0.1) is 0 Å². The maximum absolute atomic E-state index is 13.6. The van der Waals surface area contributed by atoms with Crippen molar-refractivity contribution in [3.05, 3.63) is 53.8 Å². The van der Waals surface area contributed by atoms with Gasteiger partial charge in [0.2, 0.25) is 11.8 Å². The number of rotatable bonds is 7. The van der Waals surface area contributed by atoms with Gasteiger partial charge < -0.3 is 15.4 Å². The van der Waals surface area contributed by atoms with Gasteiger partial charge in [0.25, 0.3) is 0 Å². The fourth-order valence-electron chi connectivity index (χ4n) is 2.26. The van der Waals surface area contributed by atoms with Crippen LogP contribution in [0.4, 0.5) is 24.5 Å². The Labute approximate surface area is 153 Å². The first-order valence-electron chi connectivity index (χ1n) is 7.86. The minimum atomic E-state index is -1.67. The Hall–Kier alpha value is -3.07. The molecule has 9 heteroatoms. The van der Waals surface area contributed by atoms with Gasteiger partial charge in [-0.25, -0.2) is 13.2 Å². The van der Waals surface area contributed by atoms with Crippen LogP contribution in [0, 0.1) is 17.5 Å². The van der Waals surface area contributed by atoms with Gasteiger partial charge in [-0.3, -0.25) is 14.5 Å². The first-order valence-corrected chi connectivity index (χ1v) is 7.86. The molecule has 2 aromatic rings. The monoisotopic (exact) mass is 381 g/mol. The molecular weight excluding hydrogens is 363 g/mol. The number of nitrogens with zero attached hydrogens (tertiary/aromatic N) is 1. The van der Waals surface area contributed by atoms with E-state index in [2.05, 4.69) is 10.6 Å². The minimum absolute atomic E-state index is 0.120. The van der Waals surface area contributed by atoms with Gasteiger partial charge in [-0.05, 0) is 31.3 Å². The Bertz CT molecular complexity index is 846. The standard InChI is InChI=1S/C18H18F3N3O3/c1-24(9-15(25)22-11-4-3-5-12(8-11)27-2)10-16(26)23-14-7-6-13(19)17(20)18(14)21/h3-8H,9-10H2,1-2H3,(H,22,25)(H,23,26). The predicted molar refractivity (Wildman–Crippen MR) is 94.1 cm³/mol. The molecule has 0 aliphatic heterocycles. The molecule has 0 aromatic heterocycles. The minimum Gasteiger partial charge on any atom is -0.497 e. The van der Waals surface area contributed by atoms with Crippen LogP contribution in [0.5, 0.6) is 5.75 Å². The SMILES string of the molecule is COc1cccc(NC(=O)CN(C)CC(=O)Nc2ccc(F)c(F)c2F)c1. The number of benzene rings is 2. The topological polar surface area (TPSA) is 70.7 Å². The zero-order valence-corrected chi connectivity index (χ0v) is 14.7. The van der Waals surface area contributed by atoms with E-state index in [1.807, 2.05) is 0 Å². The van der Waals surface area contributed by atoms with Crippen molar-refractivity contribution >= 4 is 23.2 Å². The summed E-state index contributed by atoms with van der Waals surface area (Å²) in [5, 5.41) is 4.79. The van der Waals surface area contributed by atoms with E-state index >= 15 is 0 Å². The second kappa shape index (κ2) is 9.04. The number of carbonyl (C=O) groups excluding carboxylic acids is 2. The lowest BCUT2D eigenvalue weighted by Crippen LogP contribution is -2.36. The molecule has 0 spiro atoms. The Balaban J connectivity index is 1.87. The number of likely N-dealkylation sites (N-methyl/N-ethyl adjacent to an activating group) is 1. The molecule has 0 unspecified atom stereocenters. The molecule has 0 saturated carbocycles. The largest absolute Gasteiger partial charge is 0.497 e. The average Bonchev–Trinajstić information content (AvgIpc) is 2.62. The number of anilines is 2. The second-order valence-electron chi connectivity index (χ2n) is 5.72. The van der Waals surface area contributed by atoms with Crippen LogP contribution in [0.2, 0.25) is 0 Å². The lowest BCUT2D eigenvalue weighted by atomic mass is 10.2. The Kier molecular flexibility index (Phi) is 6.78. The highest BCUT2D eigenvalue weighted by Crippen LogP contribution is 2.19. The molecular formula is C18H18F3N3O3. The molecule has 2 amide bonds. The van der Waals surface area contributed by atoms with E-state index in [0.29, 0.717) is 17.5 Å². The van der Waals surface area contributed by atoms with Crippen molar-refractivity contribution in [2.24, 2.45) is 0 Å². The number of methoxy groups -OCH3 is 1. The number of halogens is 3. The smallest absolute Gasteiger partial charge is 0.238 e. The molecule has 0 aliphatic carbocycles. The van der Waals surface area contributed by atoms with E-state index in [-0.39, 0.29) is 19.0 Å². The zero-order valence-electron chi connectivity index (χ0n) is 14.7. The maximum Gasteiger partial charge on any atom is 0.238 e. The highest BCUT2D eigenvalue weighted by molar-refractivity contribution is 5.94. The van der Waals surface area contributed by atoms with Crippen molar-refractivity contribution in [1.29, 1.82) is 0 Å². The van der Waals surface area contributed by atoms with Gasteiger partial charge in [0.15, 0.2) is 17.5 Å². The third-order valence-corrected chi connectivity index (χ3v) is 3.49. The molecule has 0 heterocycles. The van der Waals surface area contributed by atoms with E-state index in [9.17, 15) is 22.8 Å². The Morgan fingerprint density at radius 1 is 1.00 bits per heavy atom. The summed E-state index contributed by atoms with van der Waals surface area (Å²) >= 11 is 0. The van der Waals surface area contributed by atoms with Crippen LogP contribution >= 0.6 is 0 Å². The van der Waals surface area contributed by atoms with Crippen molar-refractivity contribution in [2.45, 2.75) is 0 Å². The van der Waals surface area contributed by atoms with Gasteiger partial charge in [0.05, 0.1) is 25.9 Å².